The van der Waals surface area contributed by atoms with E-state index in [1.165, 1.54) is 0 Å². The smallest absolute Gasteiger partial charge is 0.255 e. The Morgan fingerprint density at radius 1 is 0.926 bits per heavy atom. The van der Waals surface area contributed by atoms with Gasteiger partial charge in [-0.05, 0) is 36.4 Å². The van der Waals surface area contributed by atoms with Crippen LogP contribution in [0.15, 0.2) is 60.9 Å². The van der Waals surface area contributed by atoms with Gasteiger partial charge in [0.1, 0.15) is 0 Å². The second-order valence-electron chi connectivity index (χ2n) is 6.28. The van der Waals surface area contributed by atoms with Crippen LogP contribution in [0.4, 0.5) is 5.82 Å². The molecule has 0 N–H and O–H groups in total. The molecule has 136 valence electrons. The lowest BCUT2D eigenvalue weighted by molar-refractivity contribution is 0.0746. The molecule has 0 spiro atoms. The number of hydrogen-bond donors (Lipinski definition) is 0. The second-order valence-corrected chi connectivity index (χ2v) is 6.68. The standard InChI is InChI=1S/C20H18ClN5O/c21-17-6-2-1-5-16(17)20(27)26-12-10-25(11-13-26)19-8-7-18(23-24-19)15-4-3-9-22-14-15/h1-9,14H,10-13H2. The number of hydrogen-bond acceptors (Lipinski definition) is 5. The molecule has 1 aliphatic heterocycles. The van der Waals surface area contributed by atoms with Crippen molar-refractivity contribution in [3.05, 3.63) is 71.5 Å². The van der Waals surface area contributed by atoms with E-state index in [0.29, 0.717) is 36.8 Å². The fourth-order valence-corrected chi connectivity index (χ4v) is 3.32. The molecular formula is C20H18ClN5O. The van der Waals surface area contributed by atoms with Gasteiger partial charge in [0.05, 0.1) is 16.3 Å². The van der Waals surface area contributed by atoms with Crippen molar-refractivity contribution < 1.29 is 4.79 Å². The highest BCUT2D eigenvalue weighted by Crippen LogP contribution is 2.21. The normalized spacial score (nSPS) is 14.3. The Morgan fingerprint density at radius 2 is 1.74 bits per heavy atom. The van der Waals surface area contributed by atoms with Gasteiger partial charge in [-0.15, -0.1) is 10.2 Å². The number of piperazine rings is 1. The maximum absolute atomic E-state index is 12.7. The Labute approximate surface area is 162 Å². The summed E-state index contributed by atoms with van der Waals surface area (Å²) in [6.45, 7) is 2.65. The molecule has 4 rings (SSSR count). The van der Waals surface area contributed by atoms with Crippen molar-refractivity contribution in [3.8, 4) is 11.3 Å². The van der Waals surface area contributed by atoms with Crippen LogP contribution in [0, 0.1) is 0 Å². The van der Waals surface area contributed by atoms with E-state index in [9.17, 15) is 4.79 Å². The van der Waals surface area contributed by atoms with Gasteiger partial charge in [-0.1, -0.05) is 23.7 Å². The molecule has 0 bridgehead atoms. The second kappa shape index (κ2) is 7.72. The van der Waals surface area contributed by atoms with Crippen molar-refractivity contribution in [3.63, 3.8) is 0 Å². The summed E-state index contributed by atoms with van der Waals surface area (Å²) in [7, 11) is 0. The van der Waals surface area contributed by atoms with Crippen molar-refractivity contribution in [1.82, 2.24) is 20.1 Å². The first-order valence-electron chi connectivity index (χ1n) is 8.75. The average molecular weight is 380 g/mol. The lowest BCUT2D eigenvalue weighted by Crippen LogP contribution is -2.49. The summed E-state index contributed by atoms with van der Waals surface area (Å²) in [4.78, 5) is 20.7. The summed E-state index contributed by atoms with van der Waals surface area (Å²) < 4.78 is 0. The molecule has 7 heteroatoms. The minimum absolute atomic E-state index is 0.0294. The molecule has 6 nitrogen and oxygen atoms in total. The maximum atomic E-state index is 12.7. The summed E-state index contributed by atoms with van der Waals surface area (Å²) in [6, 6.07) is 14.9. The zero-order valence-corrected chi connectivity index (χ0v) is 15.4. The van der Waals surface area contributed by atoms with Gasteiger partial charge < -0.3 is 9.80 Å². The van der Waals surface area contributed by atoms with Gasteiger partial charge in [-0.3, -0.25) is 9.78 Å². The van der Waals surface area contributed by atoms with Crippen molar-refractivity contribution in [1.29, 1.82) is 0 Å². The van der Waals surface area contributed by atoms with Crippen LogP contribution in [0.5, 0.6) is 0 Å². The molecular weight excluding hydrogens is 362 g/mol. The molecule has 1 aromatic carbocycles. The van der Waals surface area contributed by atoms with Crippen molar-refractivity contribution in [2.24, 2.45) is 0 Å². The highest BCUT2D eigenvalue weighted by atomic mass is 35.5. The van der Waals surface area contributed by atoms with Crippen LogP contribution < -0.4 is 4.90 Å². The molecule has 0 unspecified atom stereocenters. The summed E-state index contributed by atoms with van der Waals surface area (Å²) >= 11 is 6.15. The lowest BCUT2D eigenvalue weighted by Gasteiger charge is -2.35. The summed E-state index contributed by atoms with van der Waals surface area (Å²) in [6.07, 6.45) is 3.50. The minimum atomic E-state index is -0.0294. The van der Waals surface area contributed by atoms with Crippen LogP contribution in [-0.2, 0) is 0 Å². The minimum Gasteiger partial charge on any atom is -0.352 e. The number of pyridine rings is 1. The quantitative estimate of drug-likeness (QED) is 0.699. The van der Waals surface area contributed by atoms with Crippen molar-refractivity contribution in [2.75, 3.05) is 31.1 Å². The summed E-state index contributed by atoms with van der Waals surface area (Å²) in [5.74, 6) is 0.783. The number of benzene rings is 1. The first kappa shape index (κ1) is 17.4. The van der Waals surface area contributed by atoms with E-state index < -0.39 is 0 Å². The summed E-state index contributed by atoms with van der Waals surface area (Å²) in [5, 5.41) is 9.14. The zero-order valence-electron chi connectivity index (χ0n) is 14.6. The number of rotatable bonds is 3. The van der Waals surface area contributed by atoms with Crippen LogP contribution in [0.3, 0.4) is 0 Å². The molecule has 0 aliphatic carbocycles. The Morgan fingerprint density at radius 3 is 2.41 bits per heavy atom. The SMILES string of the molecule is O=C(c1ccccc1Cl)N1CCN(c2ccc(-c3cccnc3)nn2)CC1. The maximum Gasteiger partial charge on any atom is 0.255 e. The van der Waals surface area contributed by atoms with Gasteiger partial charge in [0.25, 0.3) is 5.91 Å². The van der Waals surface area contributed by atoms with E-state index in [1.54, 1.807) is 24.5 Å². The van der Waals surface area contributed by atoms with Gasteiger partial charge in [0, 0.05) is 44.1 Å². The first-order valence-corrected chi connectivity index (χ1v) is 9.13. The molecule has 1 saturated heterocycles. The van der Waals surface area contributed by atoms with Crippen LogP contribution in [0.2, 0.25) is 5.02 Å². The van der Waals surface area contributed by atoms with E-state index >= 15 is 0 Å². The largest absolute Gasteiger partial charge is 0.352 e. The molecule has 1 aliphatic rings. The van der Waals surface area contributed by atoms with Crippen LogP contribution in [0.1, 0.15) is 10.4 Å². The Hall–Kier alpha value is -2.99. The zero-order chi connectivity index (χ0) is 18.6. The fourth-order valence-electron chi connectivity index (χ4n) is 3.11. The van der Waals surface area contributed by atoms with E-state index in [0.717, 1.165) is 17.1 Å². The van der Waals surface area contributed by atoms with E-state index in [-0.39, 0.29) is 5.91 Å². The first-order chi connectivity index (χ1) is 13.2. The number of anilines is 1. The average Bonchev–Trinajstić information content (AvgIpc) is 2.74. The molecule has 3 aromatic rings. The highest BCUT2D eigenvalue weighted by Gasteiger charge is 2.24. The van der Waals surface area contributed by atoms with E-state index in [2.05, 4.69) is 20.1 Å². The topological polar surface area (TPSA) is 62.2 Å². The number of carbonyl (C=O) groups is 1. The third-order valence-electron chi connectivity index (χ3n) is 4.60. The molecule has 3 heterocycles. The van der Waals surface area contributed by atoms with Gasteiger partial charge >= 0.3 is 0 Å². The molecule has 1 fully saturated rings. The number of halogens is 1. The monoisotopic (exact) mass is 379 g/mol. The molecule has 2 aromatic heterocycles. The number of aromatic nitrogens is 3. The predicted octanol–water partition coefficient (Wildman–Crippen LogP) is 3.15. The fraction of sp³-hybridized carbons (Fsp3) is 0.200. The third-order valence-corrected chi connectivity index (χ3v) is 4.93. The van der Waals surface area contributed by atoms with Gasteiger partial charge in [-0.2, -0.15) is 0 Å². The summed E-state index contributed by atoms with van der Waals surface area (Å²) in [5.41, 5.74) is 2.28. The molecule has 0 saturated carbocycles. The predicted molar refractivity (Wildman–Crippen MR) is 105 cm³/mol. The van der Waals surface area contributed by atoms with Gasteiger partial charge in [0.15, 0.2) is 5.82 Å². The Kier molecular flexibility index (Phi) is 4.98. The van der Waals surface area contributed by atoms with E-state index in [1.807, 2.05) is 41.3 Å². The lowest BCUT2D eigenvalue weighted by atomic mass is 10.1. The van der Waals surface area contributed by atoms with Gasteiger partial charge in [-0.25, -0.2) is 0 Å². The van der Waals surface area contributed by atoms with Crippen molar-refractivity contribution >= 4 is 23.3 Å². The van der Waals surface area contributed by atoms with Gasteiger partial charge in [0.2, 0.25) is 0 Å². The van der Waals surface area contributed by atoms with Crippen molar-refractivity contribution in [2.45, 2.75) is 0 Å². The molecule has 0 atom stereocenters. The van der Waals surface area contributed by atoms with Crippen LogP contribution in [0.25, 0.3) is 11.3 Å². The molecule has 1 amide bonds. The molecule has 27 heavy (non-hydrogen) atoms. The van der Waals surface area contributed by atoms with Crippen LogP contribution >= 0.6 is 11.6 Å². The molecule has 0 radical (unpaired) electrons. The van der Waals surface area contributed by atoms with Crippen LogP contribution in [-0.4, -0.2) is 52.2 Å². The number of carbonyl (C=O) groups excluding carboxylic acids is 1. The van der Waals surface area contributed by atoms with E-state index in [4.69, 9.17) is 11.6 Å². The third kappa shape index (κ3) is 3.75. The Balaban J connectivity index is 1.41. The Bertz CT molecular complexity index is 925. The number of amides is 1. The highest BCUT2D eigenvalue weighted by molar-refractivity contribution is 6.33. The number of nitrogens with zero attached hydrogens (tertiary/aromatic N) is 5.